The molecule has 1 aromatic carbocycles. The predicted molar refractivity (Wildman–Crippen MR) is 274 cm³/mol. The number of esters is 1. The Bertz CT molecular complexity index is 2850. The van der Waals surface area contributed by atoms with Gasteiger partial charge in [-0.2, -0.15) is 13.2 Å². The van der Waals surface area contributed by atoms with E-state index in [2.05, 4.69) is 32.5 Å². The average molecular weight is 1040 g/mol. The number of pyridine rings is 1. The minimum Gasteiger partial charge on any atom is -0.464 e. The molecular weight excluding hydrogens is 976 g/mol. The van der Waals surface area contributed by atoms with E-state index in [-0.39, 0.29) is 44.4 Å². The molecule has 0 radical (unpaired) electrons. The van der Waals surface area contributed by atoms with Gasteiger partial charge in [-0.1, -0.05) is 33.6 Å². The highest BCUT2D eigenvalue weighted by Gasteiger charge is 2.41. The number of likely N-dealkylation sites (tertiary alicyclic amines) is 2. The maximum atomic E-state index is 14.7. The summed E-state index contributed by atoms with van der Waals surface area (Å²) >= 11 is 1.29. The van der Waals surface area contributed by atoms with Crippen molar-refractivity contribution in [3.05, 3.63) is 58.9 Å². The van der Waals surface area contributed by atoms with Crippen molar-refractivity contribution in [2.24, 2.45) is 17.3 Å². The molecule has 74 heavy (non-hydrogen) atoms. The number of thiazole rings is 1. The number of fused-ring (bicyclic) bond motifs is 6. The molecule has 4 aliphatic heterocycles. The van der Waals surface area contributed by atoms with Gasteiger partial charge in [0.1, 0.15) is 29.7 Å². The smallest absolute Gasteiger partial charge is 0.406 e. The molecule has 7 heterocycles. The van der Waals surface area contributed by atoms with Gasteiger partial charge in [0.2, 0.25) is 11.8 Å². The Labute approximate surface area is 434 Å². The zero-order chi connectivity index (χ0) is 53.4. The van der Waals surface area contributed by atoms with E-state index >= 15 is 0 Å². The maximum Gasteiger partial charge on any atom is 0.406 e. The van der Waals surface area contributed by atoms with E-state index in [9.17, 15) is 37.1 Å². The Morgan fingerprint density at radius 2 is 1.82 bits per heavy atom. The lowest BCUT2D eigenvalue weighted by atomic mass is 9.84. The number of benzene rings is 1. The molecule has 3 fully saturated rings. The van der Waals surface area contributed by atoms with E-state index in [1.54, 1.807) is 54.7 Å². The molecule has 20 heteroatoms. The van der Waals surface area contributed by atoms with E-state index in [4.69, 9.17) is 14.5 Å². The molecule has 4 amide bonds. The lowest BCUT2D eigenvalue weighted by Gasteiger charge is -2.41. The second-order valence-corrected chi connectivity index (χ2v) is 22.6. The number of hydrogen-bond acceptors (Lipinski definition) is 12. The Hall–Kier alpha value is -5.88. The first-order chi connectivity index (χ1) is 34.9. The van der Waals surface area contributed by atoms with Crippen LogP contribution in [0.5, 0.6) is 0 Å². The minimum atomic E-state index is -4.60. The largest absolute Gasteiger partial charge is 0.464 e. The van der Waals surface area contributed by atoms with Crippen molar-refractivity contribution in [3.8, 4) is 33.7 Å². The number of methoxy groups -OCH3 is 1. The Morgan fingerprint density at radius 1 is 1.07 bits per heavy atom. The Balaban J connectivity index is 1.12. The van der Waals surface area contributed by atoms with Crippen molar-refractivity contribution in [3.63, 3.8) is 0 Å². The predicted octanol–water partition coefficient (Wildman–Crippen LogP) is 6.56. The average Bonchev–Trinajstić information content (AvgIpc) is 4.09. The molecule has 3 aromatic heterocycles. The van der Waals surface area contributed by atoms with E-state index < -0.39 is 77.5 Å². The molecule has 0 saturated carbocycles. The topological polar surface area (TPSA) is 172 Å². The van der Waals surface area contributed by atoms with Crippen LogP contribution in [-0.4, -0.2) is 147 Å². The molecule has 5 atom stereocenters. The van der Waals surface area contributed by atoms with Crippen molar-refractivity contribution in [1.29, 1.82) is 0 Å². The van der Waals surface area contributed by atoms with Crippen molar-refractivity contribution in [2.45, 2.75) is 129 Å². The third-order valence-electron chi connectivity index (χ3n) is 14.8. The molecule has 6 bridgehead atoms. The summed E-state index contributed by atoms with van der Waals surface area (Å²) in [5.41, 5.74) is 5.09. The van der Waals surface area contributed by atoms with Crippen LogP contribution >= 0.6 is 11.3 Å². The normalized spacial score (nSPS) is 21.6. The van der Waals surface area contributed by atoms with Crippen LogP contribution in [0.25, 0.3) is 32.7 Å². The quantitative estimate of drug-likeness (QED) is 0.130. The molecule has 0 spiro atoms. The van der Waals surface area contributed by atoms with Gasteiger partial charge in [-0.25, -0.2) is 10.4 Å². The number of carbonyl (C=O) groups is 5. The SMILES string of the molecule is CO[C@@H](C)c1ncccc1-c1c2c3cc(ccc3n1CC(F)(F)F)-c1nc(cs1)C[C@H](NC(=O)[C@H](C(C)C)N(C)C(=O)[C@H]1CCN(C(=O)C#CC(C)(C)N3CCC3)C1)C(=O)N1CCC[C@H](N1)C(=O)OCC(C)(C)C2. The maximum absolute atomic E-state index is 14.7. The fraction of sp³-hybridized carbons (Fsp3) is 0.574. The van der Waals surface area contributed by atoms with Crippen molar-refractivity contribution < 1.29 is 46.6 Å². The molecule has 16 nitrogen and oxygen atoms in total. The number of aromatic nitrogens is 3. The van der Waals surface area contributed by atoms with Gasteiger partial charge in [-0.3, -0.25) is 38.9 Å². The first-order valence-electron chi connectivity index (χ1n) is 25.5. The molecule has 4 aromatic rings. The summed E-state index contributed by atoms with van der Waals surface area (Å²) in [6.07, 6.45) is -1.15. The number of nitrogens with one attached hydrogen (secondary N) is 2. The molecule has 0 unspecified atom stereocenters. The number of nitrogens with zero attached hydrogens (tertiary/aromatic N) is 7. The number of ether oxygens (including phenoxy) is 2. The highest BCUT2D eigenvalue weighted by Crippen LogP contribution is 2.43. The third-order valence-corrected chi connectivity index (χ3v) is 15.7. The van der Waals surface area contributed by atoms with Crippen LogP contribution < -0.4 is 10.7 Å². The molecule has 2 N–H and O–H groups in total. The number of cyclic esters (lactones) is 1. The fourth-order valence-electron chi connectivity index (χ4n) is 10.6. The second kappa shape index (κ2) is 21.8. The summed E-state index contributed by atoms with van der Waals surface area (Å²) in [5, 5.41) is 7.17. The van der Waals surface area contributed by atoms with Crippen LogP contribution in [0.1, 0.15) is 97.2 Å². The standard InChI is InChI=1S/C54H68F3N9O7S/c1-32(2)45(62(8)49(69)35-18-24-63(28-35)43(67)17-19-53(6,7)64-21-12-22-64)47(68)60-41-26-36-29-74-48(59-36)34-15-16-42-38(25-34)39(27-52(4,5)31-73-51(71)40-14-11-23-66(61-40)50(41)70)46(65(42)30-54(55,56)57)37-13-10-20-58-44(37)33(3)72-9/h10,13,15-16,20,25,29,32-33,35,40-41,45,61H,11-12,14,18,21-24,26-28,30-31H2,1-9H3,(H,60,68)/t33-,35-,40-,41-,45-/m0/s1. The zero-order valence-corrected chi connectivity index (χ0v) is 44.5. The van der Waals surface area contributed by atoms with Crippen LogP contribution in [0.4, 0.5) is 13.2 Å². The lowest BCUT2D eigenvalue weighted by Crippen LogP contribution is -2.62. The van der Waals surface area contributed by atoms with Crippen LogP contribution in [0.15, 0.2) is 41.9 Å². The number of amides is 4. The lowest BCUT2D eigenvalue weighted by molar-refractivity contribution is -0.155. The van der Waals surface area contributed by atoms with Crippen molar-refractivity contribution in [1.82, 2.24) is 45.0 Å². The first kappa shape index (κ1) is 54.4. The number of alkyl halides is 3. The molecule has 3 saturated heterocycles. The van der Waals surface area contributed by atoms with Gasteiger partial charge >= 0.3 is 12.1 Å². The van der Waals surface area contributed by atoms with E-state index in [0.29, 0.717) is 75.5 Å². The van der Waals surface area contributed by atoms with Gasteiger partial charge in [-0.05, 0) is 101 Å². The molecule has 8 rings (SSSR count). The fourth-order valence-corrected chi connectivity index (χ4v) is 11.4. The molecule has 398 valence electrons. The summed E-state index contributed by atoms with van der Waals surface area (Å²) in [6, 6.07) is 5.51. The zero-order valence-electron chi connectivity index (χ0n) is 43.7. The van der Waals surface area contributed by atoms with Crippen LogP contribution in [-0.2, 0) is 52.8 Å². The van der Waals surface area contributed by atoms with Crippen molar-refractivity contribution >= 4 is 51.8 Å². The van der Waals surface area contributed by atoms with E-state index in [1.165, 1.54) is 32.9 Å². The summed E-state index contributed by atoms with van der Waals surface area (Å²) < 4.78 is 57.0. The molecule has 4 aliphatic rings. The van der Waals surface area contributed by atoms with E-state index in [1.807, 2.05) is 47.6 Å². The van der Waals surface area contributed by atoms with E-state index in [0.717, 1.165) is 19.5 Å². The number of hydrogen-bond donors (Lipinski definition) is 2. The highest BCUT2D eigenvalue weighted by molar-refractivity contribution is 7.13. The number of halogens is 3. The monoisotopic (exact) mass is 1040 g/mol. The Morgan fingerprint density at radius 3 is 2.51 bits per heavy atom. The first-order valence-corrected chi connectivity index (χ1v) is 26.4. The molecule has 0 aliphatic carbocycles. The van der Waals surface area contributed by atoms with Gasteiger partial charge in [0.25, 0.3) is 11.8 Å². The number of carbonyl (C=O) groups excluding carboxylic acids is 5. The Kier molecular flexibility index (Phi) is 16.0. The third kappa shape index (κ3) is 11.8. The number of likely N-dealkylation sites (N-methyl/N-ethyl adjacent to an activating group) is 1. The summed E-state index contributed by atoms with van der Waals surface area (Å²) in [7, 11) is 3.08. The van der Waals surface area contributed by atoms with Crippen LogP contribution in [0.2, 0.25) is 0 Å². The minimum absolute atomic E-state index is 0.0681. The summed E-state index contributed by atoms with van der Waals surface area (Å²) in [6.45, 7) is 14.4. The van der Waals surface area contributed by atoms with Gasteiger partial charge in [0, 0.05) is 92.3 Å². The van der Waals surface area contributed by atoms with Gasteiger partial charge in [0.15, 0.2) is 0 Å². The summed E-state index contributed by atoms with van der Waals surface area (Å²) in [5.74, 6) is 2.60. The van der Waals surface area contributed by atoms with Gasteiger partial charge in [-0.15, -0.1) is 11.3 Å². The van der Waals surface area contributed by atoms with Crippen molar-refractivity contribution in [2.75, 3.05) is 53.5 Å². The number of hydrazine groups is 1. The second-order valence-electron chi connectivity index (χ2n) is 21.8. The number of rotatable bonds is 10. The highest BCUT2D eigenvalue weighted by atomic mass is 32.1. The van der Waals surface area contributed by atoms with Gasteiger partial charge < -0.3 is 29.2 Å². The van der Waals surface area contributed by atoms with Crippen LogP contribution in [0, 0.1) is 29.1 Å². The molecular formula is C54H68F3N9O7S. The van der Waals surface area contributed by atoms with Gasteiger partial charge in [0.05, 0.1) is 41.2 Å². The summed E-state index contributed by atoms with van der Waals surface area (Å²) in [4.78, 5) is 85.4. The van der Waals surface area contributed by atoms with Crippen LogP contribution in [0.3, 0.4) is 0 Å².